The monoisotopic (exact) mass is 448 g/mol. The van der Waals surface area contributed by atoms with Gasteiger partial charge in [-0.1, -0.05) is 12.1 Å². The summed E-state index contributed by atoms with van der Waals surface area (Å²) in [6.45, 7) is 5.17. The number of alkyl halides is 1. The molecule has 0 aliphatic carbocycles. The van der Waals surface area contributed by atoms with E-state index in [-0.39, 0.29) is 18.8 Å². The van der Waals surface area contributed by atoms with Crippen LogP contribution in [0.4, 0.5) is 10.5 Å². The Hall–Kier alpha value is -1.55. The van der Waals surface area contributed by atoms with Crippen molar-refractivity contribution >= 4 is 40.3 Å². The number of phenols is 1. The van der Waals surface area contributed by atoms with Crippen LogP contribution in [0.3, 0.4) is 0 Å². The number of halogens is 1. The molecular formula is C16H21IN2O5. The number of amides is 2. The van der Waals surface area contributed by atoms with E-state index in [1.165, 1.54) is 15.9 Å². The maximum absolute atomic E-state index is 12.6. The fourth-order valence-electron chi connectivity index (χ4n) is 2.45. The van der Waals surface area contributed by atoms with Gasteiger partial charge in [0.05, 0.1) is 11.7 Å². The summed E-state index contributed by atoms with van der Waals surface area (Å²) in [6.07, 6.45) is -0.602. The van der Waals surface area contributed by atoms with Crippen molar-refractivity contribution in [3.05, 3.63) is 24.3 Å². The van der Waals surface area contributed by atoms with E-state index >= 15 is 0 Å². The summed E-state index contributed by atoms with van der Waals surface area (Å²) in [7, 11) is 0. The first-order valence-electron chi connectivity index (χ1n) is 7.50. The number of hydrogen-bond donors (Lipinski definition) is 2. The Bertz CT molecular complexity index is 629. The summed E-state index contributed by atoms with van der Waals surface area (Å²) < 4.78 is 4.38. The van der Waals surface area contributed by atoms with E-state index < -0.39 is 27.8 Å². The van der Waals surface area contributed by atoms with Gasteiger partial charge in [-0.25, -0.2) is 4.79 Å². The first-order chi connectivity index (χ1) is 11.1. The zero-order valence-corrected chi connectivity index (χ0v) is 15.9. The highest BCUT2D eigenvalue weighted by Gasteiger charge is 2.40. The van der Waals surface area contributed by atoms with Crippen LogP contribution in [0.1, 0.15) is 20.8 Å². The van der Waals surface area contributed by atoms with Crippen molar-refractivity contribution in [2.24, 2.45) is 0 Å². The molecule has 2 unspecified atom stereocenters. The Labute approximate surface area is 154 Å². The lowest BCUT2D eigenvalue weighted by atomic mass is 10.1. The molecule has 1 heterocycles. The normalized spacial score (nSPS) is 20.0. The molecule has 132 valence electrons. The maximum Gasteiger partial charge on any atom is 0.410 e. The molecule has 1 aliphatic rings. The van der Waals surface area contributed by atoms with Crippen molar-refractivity contribution < 1.29 is 24.5 Å². The van der Waals surface area contributed by atoms with Gasteiger partial charge in [-0.3, -0.25) is 14.6 Å². The van der Waals surface area contributed by atoms with Gasteiger partial charge in [0.25, 0.3) is 0 Å². The Morgan fingerprint density at radius 1 is 1.38 bits per heavy atom. The van der Waals surface area contributed by atoms with Crippen LogP contribution in [0.5, 0.6) is 5.75 Å². The number of phenolic OH excluding ortho intramolecular Hbond substituents is 1. The van der Waals surface area contributed by atoms with Crippen molar-refractivity contribution in [1.29, 1.82) is 0 Å². The van der Waals surface area contributed by atoms with Crippen LogP contribution < -0.4 is 4.90 Å². The number of piperazine rings is 1. The van der Waals surface area contributed by atoms with Gasteiger partial charge in [0.1, 0.15) is 22.0 Å². The number of benzene rings is 1. The van der Waals surface area contributed by atoms with Gasteiger partial charge in [-0.05, 0) is 55.5 Å². The Kier molecular flexibility index (Phi) is 5.59. The summed E-state index contributed by atoms with van der Waals surface area (Å²) in [5.74, 6) is -0.451. The van der Waals surface area contributed by atoms with Gasteiger partial charge in [-0.2, -0.15) is 0 Å². The smallest absolute Gasteiger partial charge is 0.410 e. The number of nitrogens with zero attached hydrogens (tertiary/aromatic N) is 2. The molecule has 24 heavy (non-hydrogen) atoms. The number of aliphatic hydroxyl groups excluding tert-OH is 1. The molecule has 2 rings (SSSR count). The topological polar surface area (TPSA) is 90.3 Å². The van der Waals surface area contributed by atoms with Crippen molar-refractivity contribution in [2.45, 2.75) is 36.5 Å². The molecule has 8 heteroatoms. The average molecular weight is 448 g/mol. The molecule has 1 aromatic carbocycles. The van der Waals surface area contributed by atoms with E-state index in [4.69, 9.17) is 4.74 Å². The number of carbonyl (C=O) groups is 2. The summed E-state index contributed by atoms with van der Waals surface area (Å²) >= 11 is 1.79. The second-order valence-corrected chi connectivity index (χ2v) is 7.83. The fourth-order valence-corrected chi connectivity index (χ4v) is 3.00. The van der Waals surface area contributed by atoms with E-state index in [0.717, 1.165) is 0 Å². The van der Waals surface area contributed by atoms with Crippen LogP contribution in [-0.4, -0.2) is 56.0 Å². The average Bonchev–Trinajstić information content (AvgIpc) is 2.45. The zero-order valence-electron chi connectivity index (χ0n) is 13.8. The number of carbonyl (C=O) groups excluding carboxylic acids is 2. The van der Waals surface area contributed by atoms with Crippen molar-refractivity contribution in [2.75, 3.05) is 18.0 Å². The predicted molar refractivity (Wildman–Crippen MR) is 97.2 cm³/mol. The van der Waals surface area contributed by atoms with Crippen LogP contribution in [0.15, 0.2) is 24.3 Å². The lowest BCUT2D eigenvalue weighted by Crippen LogP contribution is -2.61. The minimum absolute atomic E-state index is 0.0568. The van der Waals surface area contributed by atoms with Crippen LogP contribution in [0.2, 0.25) is 0 Å². The van der Waals surface area contributed by atoms with E-state index in [0.29, 0.717) is 5.69 Å². The van der Waals surface area contributed by atoms with E-state index in [9.17, 15) is 19.8 Å². The molecule has 2 atom stereocenters. The standard InChI is InChI=1S/C16H21IN2O5/c1-16(2,3)24-15(23)18-8-11(14(17)22)19(13(21)9-18)10-6-4-5-7-12(10)20/h4-7,11,14,20,22H,8-9H2,1-3H3. The molecule has 0 spiro atoms. The molecule has 1 saturated heterocycles. The fraction of sp³-hybridized carbons (Fsp3) is 0.500. The van der Waals surface area contributed by atoms with Crippen molar-refractivity contribution in [3.63, 3.8) is 0 Å². The molecule has 2 amide bonds. The molecule has 0 saturated carbocycles. The van der Waals surface area contributed by atoms with Gasteiger partial charge in [0.2, 0.25) is 5.91 Å². The largest absolute Gasteiger partial charge is 0.506 e. The molecule has 7 nitrogen and oxygen atoms in total. The third-order valence-electron chi connectivity index (χ3n) is 3.44. The maximum atomic E-state index is 12.6. The predicted octanol–water partition coefficient (Wildman–Crippen LogP) is 2.10. The van der Waals surface area contributed by atoms with E-state index in [1.54, 1.807) is 61.6 Å². The summed E-state index contributed by atoms with van der Waals surface area (Å²) in [5, 5.41) is 20.1. The molecule has 0 bridgehead atoms. The number of para-hydroxylation sites is 2. The molecule has 1 fully saturated rings. The minimum atomic E-state index is -0.920. The number of ether oxygens (including phenoxy) is 1. The Morgan fingerprint density at radius 3 is 2.54 bits per heavy atom. The van der Waals surface area contributed by atoms with Gasteiger partial charge >= 0.3 is 6.09 Å². The SMILES string of the molecule is CC(C)(C)OC(=O)N1CC(=O)N(c2ccccc2O)C(C(O)I)C1. The second-order valence-electron chi connectivity index (χ2n) is 6.55. The second kappa shape index (κ2) is 7.14. The van der Waals surface area contributed by atoms with E-state index in [2.05, 4.69) is 0 Å². The van der Waals surface area contributed by atoms with Crippen LogP contribution >= 0.6 is 22.6 Å². The number of anilines is 1. The van der Waals surface area contributed by atoms with Crippen LogP contribution in [-0.2, 0) is 9.53 Å². The van der Waals surface area contributed by atoms with Gasteiger partial charge in [0, 0.05) is 6.54 Å². The van der Waals surface area contributed by atoms with Crippen molar-refractivity contribution in [1.82, 2.24) is 4.90 Å². The Balaban J connectivity index is 2.27. The third kappa shape index (κ3) is 4.29. The molecular weight excluding hydrogens is 427 g/mol. The van der Waals surface area contributed by atoms with Crippen LogP contribution in [0.25, 0.3) is 0 Å². The highest BCUT2D eigenvalue weighted by molar-refractivity contribution is 14.1. The lowest BCUT2D eigenvalue weighted by molar-refractivity contribution is -0.122. The first kappa shape index (κ1) is 18.8. The van der Waals surface area contributed by atoms with Gasteiger partial charge in [0.15, 0.2) is 0 Å². The highest BCUT2D eigenvalue weighted by atomic mass is 127. The lowest BCUT2D eigenvalue weighted by Gasteiger charge is -2.42. The number of aromatic hydroxyl groups is 1. The molecule has 0 aromatic heterocycles. The summed E-state index contributed by atoms with van der Waals surface area (Å²) in [4.78, 5) is 27.4. The quantitative estimate of drug-likeness (QED) is 0.535. The molecule has 0 radical (unpaired) electrons. The summed E-state index contributed by atoms with van der Waals surface area (Å²) in [5.41, 5.74) is -0.361. The molecule has 2 N–H and O–H groups in total. The van der Waals surface area contributed by atoms with Crippen LogP contribution in [0, 0.1) is 0 Å². The number of aliphatic hydroxyl groups is 1. The molecule has 1 aromatic rings. The molecule has 1 aliphatic heterocycles. The number of hydrogen-bond acceptors (Lipinski definition) is 5. The highest BCUT2D eigenvalue weighted by Crippen LogP contribution is 2.32. The summed E-state index contributed by atoms with van der Waals surface area (Å²) in [6, 6.07) is 5.73. The Morgan fingerprint density at radius 2 is 2.00 bits per heavy atom. The zero-order chi connectivity index (χ0) is 18.1. The third-order valence-corrected chi connectivity index (χ3v) is 4.27. The van der Waals surface area contributed by atoms with E-state index in [1.807, 2.05) is 0 Å². The van der Waals surface area contributed by atoms with Crippen molar-refractivity contribution in [3.8, 4) is 5.75 Å². The van der Waals surface area contributed by atoms with Gasteiger partial charge in [-0.15, -0.1) is 0 Å². The minimum Gasteiger partial charge on any atom is -0.506 e. The van der Waals surface area contributed by atoms with Gasteiger partial charge < -0.3 is 14.9 Å². The first-order valence-corrected chi connectivity index (χ1v) is 8.75. The number of rotatable bonds is 2.